The van der Waals surface area contributed by atoms with Crippen molar-refractivity contribution >= 4 is 17.8 Å². The number of carbonyl (C=O) groups excluding carboxylic acids is 2. The summed E-state index contributed by atoms with van der Waals surface area (Å²) in [6, 6.07) is 13.1. The van der Waals surface area contributed by atoms with Crippen molar-refractivity contribution in [3.05, 3.63) is 66.0 Å². The van der Waals surface area contributed by atoms with E-state index in [0.29, 0.717) is 5.69 Å². The molecule has 1 aliphatic rings. The minimum atomic E-state index is -1.02. The molecular weight excluding hydrogens is 372 g/mol. The van der Waals surface area contributed by atoms with E-state index in [4.69, 9.17) is 0 Å². The third-order valence-electron chi connectivity index (χ3n) is 4.95. The standard InChI is InChI=1S/C21H24N4O4/c1-14(26)24-17-11-18(21(28)29)25(20(17)15-7-3-2-4-8-15)13-19(27)23-12-16-9-5-6-10-22-16/h2-10,17-18,20H,11-13H2,1H3,(H,23,27)(H,24,26)(H,28,29)/t17-,18-,20-/m0/s1. The number of carboxylic acids is 1. The quantitative estimate of drug-likeness (QED) is 0.646. The van der Waals surface area contributed by atoms with Gasteiger partial charge in [0.05, 0.1) is 30.9 Å². The summed E-state index contributed by atoms with van der Waals surface area (Å²) in [4.78, 5) is 42.0. The van der Waals surface area contributed by atoms with Crippen molar-refractivity contribution in [3.63, 3.8) is 0 Å². The largest absolute Gasteiger partial charge is 0.480 e. The van der Waals surface area contributed by atoms with Crippen molar-refractivity contribution < 1.29 is 19.5 Å². The fourth-order valence-corrected chi connectivity index (χ4v) is 3.77. The number of aromatic nitrogens is 1. The van der Waals surface area contributed by atoms with Crippen LogP contribution in [0.15, 0.2) is 54.7 Å². The molecule has 3 atom stereocenters. The highest BCUT2D eigenvalue weighted by Gasteiger charge is 2.46. The van der Waals surface area contributed by atoms with Gasteiger partial charge in [0.2, 0.25) is 11.8 Å². The van der Waals surface area contributed by atoms with E-state index >= 15 is 0 Å². The Morgan fingerprint density at radius 3 is 2.48 bits per heavy atom. The molecule has 0 unspecified atom stereocenters. The van der Waals surface area contributed by atoms with Gasteiger partial charge in [0.25, 0.3) is 0 Å². The van der Waals surface area contributed by atoms with Crippen LogP contribution in [0.4, 0.5) is 0 Å². The fraction of sp³-hybridized carbons (Fsp3) is 0.333. The first-order chi connectivity index (χ1) is 14.0. The first-order valence-electron chi connectivity index (χ1n) is 9.43. The highest BCUT2D eigenvalue weighted by molar-refractivity contribution is 5.81. The lowest BCUT2D eigenvalue weighted by molar-refractivity contribution is -0.143. The Labute approximate surface area is 168 Å². The molecule has 2 amide bonds. The number of likely N-dealkylation sites (tertiary alicyclic amines) is 1. The minimum Gasteiger partial charge on any atom is -0.480 e. The van der Waals surface area contributed by atoms with Crippen molar-refractivity contribution in [1.29, 1.82) is 0 Å². The topological polar surface area (TPSA) is 112 Å². The molecule has 1 saturated heterocycles. The summed E-state index contributed by atoms with van der Waals surface area (Å²) in [7, 11) is 0. The molecule has 0 spiro atoms. The summed E-state index contributed by atoms with van der Waals surface area (Å²) in [6.07, 6.45) is 1.87. The van der Waals surface area contributed by atoms with Crippen molar-refractivity contribution in [1.82, 2.24) is 20.5 Å². The van der Waals surface area contributed by atoms with Gasteiger partial charge in [-0.15, -0.1) is 0 Å². The van der Waals surface area contributed by atoms with Crippen molar-refractivity contribution in [2.75, 3.05) is 6.54 Å². The average molecular weight is 396 g/mol. The highest BCUT2D eigenvalue weighted by Crippen LogP contribution is 2.36. The van der Waals surface area contributed by atoms with Crippen LogP contribution in [0, 0.1) is 0 Å². The number of nitrogens with zero attached hydrogens (tertiary/aromatic N) is 2. The maximum Gasteiger partial charge on any atom is 0.321 e. The predicted molar refractivity (Wildman–Crippen MR) is 106 cm³/mol. The summed E-state index contributed by atoms with van der Waals surface area (Å²) in [5.74, 6) is -1.55. The van der Waals surface area contributed by atoms with Crippen LogP contribution in [0.1, 0.15) is 30.6 Å². The molecule has 8 heteroatoms. The van der Waals surface area contributed by atoms with E-state index in [1.807, 2.05) is 36.4 Å². The van der Waals surface area contributed by atoms with Crippen molar-refractivity contribution in [2.45, 2.75) is 38.0 Å². The van der Waals surface area contributed by atoms with Gasteiger partial charge in [0, 0.05) is 13.1 Å². The molecule has 2 heterocycles. The number of carbonyl (C=O) groups is 3. The monoisotopic (exact) mass is 396 g/mol. The van der Waals surface area contributed by atoms with Crippen LogP contribution in [0.25, 0.3) is 0 Å². The molecule has 0 radical (unpaired) electrons. The van der Waals surface area contributed by atoms with Crippen molar-refractivity contribution in [2.24, 2.45) is 0 Å². The maximum absolute atomic E-state index is 12.6. The normalized spacial score (nSPS) is 21.5. The third kappa shape index (κ3) is 5.17. The van der Waals surface area contributed by atoms with E-state index in [9.17, 15) is 19.5 Å². The second-order valence-electron chi connectivity index (χ2n) is 7.02. The smallest absolute Gasteiger partial charge is 0.321 e. The molecule has 0 aliphatic carbocycles. The van der Waals surface area contributed by atoms with Gasteiger partial charge in [0.1, 0.15) is 6.04 Å². The first kappa shape index (κ1) is 20.5. The number of pyridine rings is 1. The molecule has 1 aromatic heterocycles. The number of benzene rings is 1. The van der Waals surface area contributed by atoms with Gasteiger partial charge in [-0.3, -0.25) is 24.3 Å². The lowest BCUT2D eigenvalue weighted by atomic mass is 9.99. The number of hydrogen-bond donors (Lipinski definition) is 3. The zero-order valence-corrected chi connectivity index (χ0v) is 16.1. The fourth-order valence-electron chi connectivity index (χ4n) is 3.77. The summed E-state index contributed by atoms with van der Waals surface area (Å²) in [5.41, 5.74) is 1.57. The van der Waals surface area contributed by atoms with E-state index < -0.39 is 24.1 Å². The molecule has 1 aromatic carbocycles. The van der Waals surface area contributed by atoms with Crippen LogP contribution < -0.4 is 10.6 Å². The van der Waals surface area contributed by atoms with Gasteiger partial charge in [-0.05, 0) is 24.1 Å². The van der Waals surface area contributed by atoms with E-state index in [1.165, 1.54) is 6.92 Å². The lowest BCUT2D eigenvalue weighted by Gasteiger charge is -2.30. The number of carboxylic acid groups (broad SMARTS) is 1. The van der Waals surface area contributed by atoms with Gasteiger partial charge in [-0.1, -0.05) is 36.4 Å². The molecule has 29 heavy (non-hydrogen) atoms. The number of aliphatic carboxylic acids is 1. The Hall–Kier alpha value is -3.26. The molecule has 152 valence electrons. The van der Waals surface area contributed by atoms with Gasteiger partial charge < -0.3 is 15.7 Å². The Balaban J connectivity index is 1.80. The minimum absolute atomic E-state index is 0.0978. The Bertz CT molecular complexity index is 859. The first-order valence-corrected chi connectivity index (χ1v) is 9.43. The molecule has 3 N–H and O–H groups in total. The zero-order chi connectivity index (χ0) is 20.8. The van der Waals surface area contributed by atoms with Crippen LogP contribution in [-0.4, -0.2) is 51.4 Å². The molecule has 1 aliphatic heterocycles. The molecule has 0 saturated carbocycles. The van der Waals surface area contributed by atoms with Gasteiger partial charge in [-0.2, -0.15) is 0 Å². The Kier molecular flexibility index (Phi) is 6.56. The van der Waals surface area contributed by atoms with Crippen LogP contribution in [0.5, 0.6) is 0 Å². The van der Waals surface area contributed by atoms with Crippen molar-refractivity contribution in [3.8, 4) is 0 Å². The van der Waals surface area contributed by atoms with E-state index in [0.717, 1.165) is 5.56 Å². The third-order valence-corrected chi connectivity index (χ3v) is 4.95. The van der Waals surface area contributed by atoms with Gasteiger partial charge >= 0.3 is 5.97 Å². The second-order valence-corrected chi connectivity index (χ2v) is 7.02. The summed E-state index contributed by atoms with van der Waals surface area (Å²) in [6.45, 7) is 1.57. The zero-order valence-electron chi connectivity index (χ0n) is 16.1. The number of hydrogen-bond acceptors (Lipinski definition) is 5. The summed E-state index contributed by atoms with van der Waals surface area (Å²) in [5, 5.41) is 15.4. The van der Waals surface area contributed by atoms with Crippen LogP contribution in [0.3, 0.4) is 0 Å². The average Bonchev–Trinajstić information content (AvgIpc) is 3.05. The van der Waals surface area contributed by atoms with Crippen LogP contribution in [-0.2, 0) is 20.9 Å². The maximum atomic E-state index is 12.6. The second kappa shape index (κ2) is 9.29. The molecule has 8 nitrogen and oxygen atoms in total. The Morgan fingerprint density at radius 1 is 1.14 bits per heavy atom. The number of amides is 2. The van der Waals surface area contributed by atoms with E-state index in [1.54, 1.807) is 23.2 Å². The van der Waals surface area contributed by atoms with E-state index in [2.05, 4.69) is 15.6 Å². The number of rotatable bonds is 7. The summed E-state index contributed by atoms with van der Waals surface area (Å²) < 4.78 is 0. The molecule has 1 fully saturated rings. The highest BCUT2D eigenvalue weighted by atomic mass is 16.4. The molecule has 0 bridgehead atoms. The van der Waals surface area contributed by atoms with E-state index in [-0.39, 0.29) is 31.3 Å². The summed E-state index contributed by atoms with van der Waals surface area (Å²) >= 11 is 0. The van der Waals surface area contributed by atoms with Crippen LogP contribution >= 0.6 is 0 Å². The Morgan fingerprint density at radius 2 is 1.86 bits per heavy atom. The lowest BCUT2D eigenvalue weighted by Crippen LogP contribution is -2.45. The van der Waals surface area contributed by atoms with Crippen LogP contribution in [0.2, 0.25) is 0 Å². The predicted octanol–water partition coefficient (Wildman–Crippen LogP) is 1.10. The molecular formula is C21H24N4O4. The van der Waals surface area contributed by atoms with Gasteiger partial charge in [0.15, 0.2) is 0 Å². The van der Waals surface area contributed by atoms with Gasteiger partial charge in [-0.25, -0.2) is 0 Å². The molecule has 2 aromatic rings. The molecule has 3 rings (SSSR count). The SMILES string of the molecule is CC(=O)N[C@H]1C[C@@H](C(=O)O)N(CC(=O)NCc2ccccn2)[C@H]1c1ccccc1. The number of nitrogens with one attached hydrogen (secondary N) is 2.